The van der Waals surface area contributed by atoms with Crippen molar-refractivity contribution < 1.29 is 10.2 Å². The van der Waals surface area contributed by atoms with Crippen molar-refractivity contribution in [3.8, 4) is 0 Å². The molecule has 0 fully saturated rings. The Kier molecular flexibility index (Phi) is 6.39. The molecule has 0 spiro atoms. The molecule has 0 saturated heterocycles. The van der Waals surface area contributed by atoms with E-state index in [1.165, 1.54) is 0 Å². The second kappa shape index (κ2) is 7.31. The first-order valence-corrected chi connectivity index (χ1v) is 6.67. The van der Waals surface area contributed by atoms with Gasteiger partial charge in [0.15, 0.2) is 0 Å². The number of halogens is 2. The van der Waals surface area contributed by atoms with Crippen molar-refractivity contribution in [2.24, 2.45) is 0 Å². The topological polar surface area (TPSA) is 43.7 Å². The van der Waals surface area contributed by atoms with E-state index >= 15 is 0 Å². The number of hydrogen-bond acceptors (Lipinski definition) is 3. The highest BCUT2D eigenvalue weighted by molar-refractivity contribution is 6.35. The van der Waals surface area contributed by atoms with E-state index in [0.717, 1.165) is 5.56 Å². The highest BCUT2D eigenvalue weighted by atomic mass is 35.5. The summed E-state index contributed by atoms with van der Waals surface area (Å²) < 4.78 is 0. The van der Waals surface area contributed by atoms with Gasteiger partial charge in [0.2, 0.25) is 0 Å². The summed E-state index contributed by atoms with van der Waals surface area (Å²) in [6.45, 7) is 4.86. The molecule has 0 aliphatic rings. The second-order valence-electron chi connectivity index (χ2n) is 4.59. The third-order valence-corrected chi connectivity index (χ3v) is 3.20. The third-order valence-electron chi connectivity index (χ3n) is 2.49. The molecule has 0 heterocycles. The van der Waals surface area contributed by atoms with Crippen molar-refractivity contribution in [2.45, 2.75) is 32.6 Å². The first kappa shape index (κ1) is 15.7. The van der Waals surface area contributed by atoms with E-state index in [2.05, 4.69) is 0 Å². The van der Waals surface area contributed by atoms with Crippen LogP contribution in [0.2, 0.25) is 10.0 Å². The van der Waals surface area contributed by atoms with Gasteiger partial charge < -0.3 is 10.2 Å². The predicted octanol–water partition coefficient (Wildman–Crippen LogP) is 2.56. The van der Waals surface area contributed by atoms with Crippen molar-refractivity contribution in [2.75, 3.05) is 13.1 Å². The molecule has 3 nitrogen and oxygen atoms in total. The Morgan fingerprint density at radius 3 is 1.89 bits per heavy atom. The predicted molar refractivity (Wildman–Crippen MR) is 75.1 cm³/mol. The average Bonchev–Trinajstić information content (AvgIpc) is 2.21. The van der Waals surface area contributed by atoms with Gasteiger partial charge in [0, 0.05) is 35.2 Å². The van der Waals surface area contributed by atoms with Crippen molar-refractivity contribution in [3.05, 3.63) is 33.8 Å². The number of aliphatic hydroxyl groups is 2. The lowest BCUT2D eigenvalue weighted by atomic mass is 10.2. The van der Waals surface area contributed by atoms with Gasteiger partial charge in [-0.15, -0.1) is 0 Å². The third kappa shape index (κ3) is 5.12. The zero-order valence-electron chi connectivity index (χ0n) is 10.6. The molecule has 0 aromatic heterocycles. The number of hydrogen-bond donors (Lipinski definition) is 2. The molecule has 18 heavy (non-hydrogen) atoms. The summed E-state index contributed by atoms with van der Waals surface area (Å²) in [6.07, 6.45) is -0.935. The molecule has 0 radical (unpaired) electrons. The maximum Gasteiger partial charge on any atom is 0.0639 e. The van der Waals surface area contributed by atoms with Gasteiger partial charge in [-0.25, -0.2) is 0 Å². The van der Waals surface area contributed by atoms with E-state index in [9.17, 15) is 10.2 Å². The highest BCUT2D eigenvalue weighted by Crippen LogP contribution is 2.25. The van der Waals surface area contributed by atoms with Crippen molar-refractivity contribution in [1.82, 2.24) is 4.90 Å². The first-order chi connectivity index (χ1) is 8.40. The van der Waals surface area contributed by atoms with Crippen molar-refractivity contribution in [1.29, 1.82) is 0 Å². The van der Waals surface area contributed by atoms with Gasteiger partial charge in [0.1, 0.15) is 0 Å². The minimum Gasteiger partial charge on any atom is -0.392 e. The van der Waals surface area contributed by atoms with E-state index in [4.69, 9.17) is 23.2 Å². The molecule has 1 rings (SSSR count). The van der Waals surface area contributed by atoms with Gasteiger partial charge in [-0.1, -0.05) is 29.3 Å². The average molecular weight is 292 g/mol. The molecule has 0 amide bonds. The van der Waals surface area contributed by atoms with Crippen LogP contribution in [0.15, 0.2) is 18.2 Å². The van der Waals surface area contributed by atoms with Crippen LogP contribution < -0.4 is 0 Å². The van der Waals surface area contributed by atoms with Crippen LogP contribution in [0.3, 0.4) is 0 Å². The monoisotopic (exact) mass is 291 g/mol. The van der Waals surface area contributed by atoms with Gasteiger partial charge in [0.05, 0.1) is 12.2 Å². The second-order valence-corrected chi connectivity index (χ2v) is 5.41. The van der Waals surface area contributed by atoms with Crippen LogP contribution >= 0.6 is 23.2 Å². The zero-order chi connectivity index (χ0) is 13.7. The van der Waals surface area contributed by atoms with E-state index in [-0.39, 0.29) is 0 Å². The van der Waals surface area contributed by atoms with Crippen LogP contribution in [-0.2, 0) is 6.54 Å². The Bertz CT molecular complexity index is 353. The van der Waals surface area contributed by atoms with Crippen LogP contribution in [-0.4, -0.2) is 40.4 Å². The standard InChI is InChI=1S/C13H19Cl2NO2/c1-9(17)6-16(7-10(2)18)8-11-12(14)4-3-5-13(11)15/h3-5,9-10,17-18H,6-8H2,1-2H3/t9-,10+. The molecule has 0 unspecified atom stereocenters. The SMILES string of the molecule is C[C@H](O)CN(Cc1c(Cl)cccc1Cl)C[C@@H](C)O. The summed E-state index contributed by atoms with van der Waals surface area (Å²) >= 11 is 12.2. The number of aliphatic hydroxyl groups excluding tert-OH is 2. The maximum atomic E-state index is 9.46. The summed E-state index contributed by atoms with van der Waals surface area (Å²) in [5.74, 6) is 0. The normalized spacial score (nSPS) is 14.8. The van der Waals surface area contributed by atoms with E-state index in [1.807, 2.05) is 4.90 Å². The number of nitrogens with zero attached hydrogens (tertiary/aromatic N) is 1. The molecular formula is C13H19Cl2NO2. The van der Waals surface area contributed by atoms with Crippen LogP contribution in [0, 0.1) is 0 Å². The van der Waals surface area contributed by atoms with Gasteiger partial charge in [-0.05, 0) is 26.0 Å². The molecule has 1 aromatic carbocycles. The lowest BCUT2D eigenvalue weighted by molar-refractivity contribution is 0.0794. The first-order valence-electron chi connectivity index (χ1n) is 5.91. The fraction of sp³-hybridized carbons (Fsp3) is 0.538. The van der Waals surface area contributed by atoms with Gasteiger partial charge >= 0.3 is 0 Å². The van der Waals surface area contributed by atoms with Crippen molar-refractivity contribution in [3.63, 3.8) is 0 Å². The zero-order valence-corrected chi connectivity index (χ0v) is 12.1. The largest absolute Gasteiger partial charge is 0.392 e. The van der Waals surface area contributed by atoms with Gasteiger partial charge in [-0.2, -0.15) is 0 Å². The summed E-state index contributed by atoms with van der Waals surface area (Å²) in [7, 11) is 0. The van der Waals surface area contributed by atoms with Gasteiger partial charge in [0.25, 0.3) is 0 Å². The van der Waals surface area contributed by atoms with E-state index in [0.29, 0.717) is 29.7 Å². The minimum atomic E-state index is -0.468. The quantitative estimate of drug-likeness (QED) is 0.847. The lowest BCUT2D eigenvalue weighted by Gasteiger charge is -2.25. The summed E-state index contributed by atoms with van der Waals surface area (Å²) in [4.78, 5) is 1.93. The Hall–Kier alpha value is -0.320. The molecule has 0 aliphatic carbocycles. The van der Waals surface area contributed by atoms with Crippen LogP contribution in [0.4, 0.5) is 0 Å². The lowest BCUT2D eigenvalue weighted by Crippen LogP contribution is -2.36. The van der Waals surface area contributed by atoms with Crippen LogP contribution in [0.25, 0.3) is 0 Å². The smallest absolute Gasteiger partial charge is 0.0639 e. The van der Waals surface area contributed by atoms with Crippen molar-refractivity contribution >= 4 is 23.2 Å². The molecule has 0 bridgehead atoms. The van der Waals surface area contributed by atoms with E-state index in [1.54, 1.807) is 32.0 Å². The molecule has 2 atom stereocenters. The molecule has 102 valence electrons. The maximum absolute atomic E-state index is 9.46. The fourth-order valence-corrected chi connectivity index (χ4v) is 2.37. The summed E-state index contributed by atoms with van der Waals surface area (Å²) in [5.41, 5.74) is 0.821. The molecule has 0 aliphatic heterocycles. The Morgan fingerprint density at radius 1 is 1.06 bits per heavy atom. The number of benzene rings is 1. The fourth-order valence-electron chi connectivity index (χ4n) is 1.86. The Morgan fingerprint density at radius 2 is 1.50 bits per heavy atom. The molecule has 0 saturated carbocycles. The molecule has 5 heteroatoms. The van der Waals surface area contributed by atoms with Gasteiger partial charge in [-0.3, -0.25) is 4.90 Å². The highest BCUT2D eigenvalue weighted by Gasteiger charge is 2.15. The summed E-state index contributed by atoms with van der Waals surface area (Å²) in [6, 6.07) is 5.36. The summed E-state index contributed by atoms with van der Waals surface area (Å²) in [5, 5.41) is 20.1. The van der Waals surface area contributed by atoms with Crippen LogP contribution in [0.1, 0.15) is 19.4 Å². The molecule has 2 N–H and O–H groups in total. The number of rotatable bonds is 6. The molecule has 1 aromatic rings. The Balaban J connectivity index is 2.81. The Labute approximate surface area is 118 Å². The molecular weight excluding hydrogens is 273 g/mol. The minimum absolute atomic E-state index is 0.465. The van der Waals surface area contributed by atoms with Crippen LogP contribution in [0.5, 0.6) is 0 Å². The van der Waals surface area contributed by atoms with E-state index < -0.39 is 12.2 Å².